The van der Waals surface area contributed by atoms with Crippen molar-refractivity contribution in [1.29, 1.82) is 0 Å². The minimum absolute atomic E-state index is 0.104. The monoisotopic (exact) mass is 1310 g/mol. The van der Waals surface area contributed by atoms with Crippen molar-refractivity contribution >= 4 is 39.5 Å². The highest BCUT2D eigenvalue weighted by Gasteiger charge is 2.30. The number of hydrogen-bond donors (Lipinski definition) is 3. The maximum Gasteiger partial charge on any atom is 0.472 e. The fraction of sp³-hybridized carbons (Fsp3) is 0.943. The summed E-state index contributed by atoms with van der Waals surface area (Å²) in [5.41, 5.74) is 0. The van der Waals surface area contributed by atoms with Gasteiger partial charge < -0.3 is 33.8 Å². The minimum atomic E-state index is -4.95. The molecule has 0 spiro atoms. The first-order valence-corrected chi connectivity index (χ1v) is 39.5. The van der Waals surface area contributed by atoms with Gasteiger partial charge in [0.2, 0.25) is 0 Å². The fourth-order valence-electron chi connectivity index (χ4n) is 10.6. The minimum Gasteiger partial charge on any atom is -0.462 e. The van der Waals surface area contributed by atoms with Gasteiger partial charge >= 0.3 is 39.5 Å². The largest absolute Gasteiger partial charge is 0.472 e. The number of aliphatic hydroxyl groups excluding tert-OH is 1. The molecule has 0 aromatic rings. The average Bonchev–Trinajstić information content (AvgIpc) is 3.53. The zero-order valence-corrected chi connectivity index (χ0v) is 59.5. The molecular formula is C70H136O17P2. The van der Waals surface area contributed by atoms with E-state index in [1.807, 2.05) is 0 Å². The molecule has 0 saturated heterocycles. The zero-order valence-electron chi connectivity index (χ0n) is 57.7. The number of rotatable bonds is 69. The summed E-state index contributed by atoms with van der Waals surface area (Å²) in [5, 5.41) is 10.6. The highest BCUT2D eigenvalue weighted by atomic mass is 31.2. The van der Waals surface area contributed by atoms with E-state index in [1.54, 1.807) is 0 Å². The summed E-state index contributed by atoms with van der Waals surface area (Å²) < 4.78 is 68.3. The molecule has 0 radical (unpaired) electrons. The highest BCUT2D eigenvalue weighted by Crippen LogP contribution is 2.45. The number of phosphoric ester groups is 2. The molecule has 0 amide bonds. The van der Waals surface area contributed by atoms with E-state index in [1.165, 1.54) is 167 Å². The van der Waals surface area contributed by atoms with Crippen LogP contribution in [0.4, 0.5) is 0 Å². The van der Waals surface area contributed by atoms with Gasteiger partial charge in [0.25, 0.3) is 0 Å². The summed E-state index contributed by atoms with van der Waals surface area (Å²) in [7, 11) is -9.90. The van der Waals surface area contributed by atoms with Gasteiger partial charge in [-0.2, -0.15) is 0 Å². The molecule has 0 saturated carbocycles. The lowest BCUT2D eigenvalue weighted by Crippen LogP contribution is -2.30. The molecule has 5 atom stereocenters. The van der Waals surface area contributed by atoms with Gasteiger partial charge in [-0.25, -0.2) is 9.13 Å². The van der Waals surface area contributed by atoms with E-state index in [2.05, 4.69) is 41.5 Å². The number of esters is 4. The summed E-state index contributed by atoms with van der Waals surface area (Å²) in [5.74, 6) is -0.701. The molecule has 2 unspecified atom stereocenters. The Labute approximate surface area is 543 Å². The third-order valence-corrected chi connectivity index (χ3v) is 18.1. The third kappa shape index (κ3) is 64.6. The lowest BCUT2D eigenvalue weighted by Gasteiger charge is -2.21. The van der Waals surface area contributed by atoms with Crippen molar-refractivity contribution in [1.82, 2.24) is 0 Å². The van der Waals surface area contributed by atoms with Crippen LogP contribution in [0.1, 0.15) is 356 Å². The first kappa shape index (κ1) is 87.1. The van der Waals surface area contributed by atoms with Gasteiger partial charge in [0.1, 0.15) is 19.3 Å². The maximum atomic E-state index is 13.0. The van der Waals surface area contributed by atoms with E-state index in [4.69, 9.17) is 37.0 Å². The van der Waals surface area contributed by atoms with Gasteiger partial charge in [-0.3, -0.25) is 37.3 Å². The third-order valence-electron chi connectivity index (χ3n) is 16.2. The lowest BCUT2D eigenvalue weighted by molar-refractivity contribution is -0.161. The second kappa shape index (κ2) is 62.2. The molecule has 19 heteroatoms. The van der Waals surface area contributed by atoms with Crippen molar-refractivity contribution in [3.63, 3.8) is 0 Å². The Kier molecular flexibility index (Phi) is 60.8. The number of phosphoric acid groups is 2. The van der Waals surface area contributed by atoms with E-state index < -0.39 is 97.5 Å². The molecule has 0 aromatic carbocycles. The first-order chi connectivity index (χ1) is 42.9. The second-order valence-corrected chi connectivity index (χ2v) is 29.1. The van der Waals surface area contributed by atoms with Gasteiger partial charge in [0.15, 0.2) is 12.2 Å². The standard InChI is InChI=1S/C70H136O17P2/c1-7-9-11-13-15-17-19-21-22-24-26-28-35-42-48-54-69(74)86-65(58-80-67(72)52-46-40-34-27-25-23-20-18-16-14-12-10-8-2)60-84-88(76,77)82-56-64(71)57-83-89(78,79)85-61-66(59-81-68(73)53-47-41-37-31-33-39-45-51-63(5)6)87-70(75)55-49-43-36-30-29-32-38-44-50-62(3)4/h62-66,71H,7-61H2,1-6H3,(H,76,77)(H,78,79)/t64-,65-,66-/m1/s1. The maximum absolute atomic E-state index is 13.0. The van der Waals surface area contributed by atoms with Crippen molar-refractivity contribution in [3.05, 3.63) is 0 Å². The molecule has 3 N–H and O–H groups in total. The van der Waals surface area contributed by atoms with Crippen LogP contribution in [0.5, 0.6) is 0 Å². The molecule has 0 aromatic heterocycles. The molecule has 0 rings (SSSR count). The quantitative estimate of drug-likeness (QED) is 0.0222. The topological polar surface area (TPSA) is 237 Å². The molecular weight excluding hydrogens is 1170 g/mol. The van der Waals surface area contributed by atoms with E-state index >= 15 is 0 Å². The van der Waals surface area contributed by atoms with Crippen molar-refractivity contribution < 1.29 is 80.2 Å². The average molecular weight is 1310 g/mol. The summed E-state index contributed by atoms with van der Waals surface area (Å²) in [6, 6.07) is 0. The Morgan fingerprint density at radius 3 is 0.764 bits per heavy atom. The Morgan fingerprint density at radius 1 is 0.303 bits per heavy atom. The van der Waals surface area contributed by atoms with Crippen molar-refractivity contribution in [2.75, 3.05) is 39.6 Å². The SMILES string of the molecule is CCCCCCCCCCCCCCCCCC(=O)O[C@H](COC(=O)CCCCCCCCCCCCCCC)COP(=O)(O)OC[C@@H](O)COP(=O)(O)OC[C@@H](COC(=O)CCCCCCCCCC(C)C)OC(=O)CCCCCCCCCCC(C)C. The molecule has 0 aliphatic carbocycles. The lowest BCUT2D eigenvalue weighted by atomic mass is 10.0. The molecule has 89 heavy (non-hydrogen) atoms. The summed E-state index contributed by atoms with van der Waals surface area (Å²) in [6.07, 6.45) is 47.2. The van der Waals surface area contributed by atoms with Crippen molar-refractivity contribution in [2.24, 2.45) is 11.8 Å². The molecule has 0 aliphatic heterocycles. The summed E-state index contributed by atoms with van der Waals surface area (Å²) in [6.45, 7) is 9.46. The Morgan fingerprint density at radius 2 is 0.517 bits per heavy atom. The van der Waals surface area contributed by atoms with Crippen LogP contribution in [0.25, 0.3) is 0 Å². The van der Waals surface area contributed by atoms with E-state index in [0.29, 0.717) is 31.6 Å². The van der Waals surface area contributed by atoms with Crippen LogP contribution in [0.15, 0.2) is 0 Å². The van der Waals surface area contributed by atoms with Crippen LogP contribution in [0.3, 0.4) is 0 Å². The summed E-state index contributed by atoms with van der Waals surface area (Å²) >= 11 is 0. The predicted octanol–water partition coefficient (Wildman–Crippen LogP) is 20.0. The molecule has 0 heterocycles. The van der Waals surface area contributed by atoms with Crippen molar-refractivity contribution in [3.8, 4) is 0 Å². The van der Waals surface area contributed by atoms with E-state index in [-0.39, 0.29) is 25.7 Å². The van der Waals surface area contributed by atoms with Gasteiger partial charge in [-0.1, -0.05) is 305 Å². The first-order valence-electron chi connectivity index (χ1n) is 36.5. The van der Waals surface area contributed by atoms with Crippen LogP contribution in [0, 0.1) is 11.8 Å². The Bertz CT molecular complexity index is 1730. The Balaban J connectivity index is 5.25. The number of aliphatic hydroxyl groups is 1. The molecule has 528 valence electrons. The fourth-order valence-corrected chi connectivity index (χ4v) is 12.2. The predicted molar refractivity (Wildman–Crippen MR) is 358 cm³/mol. The molecule has 0 fully saturated rings. The molecule has 0 aliphatic rings. The van der Waals surface area contributed by atoms with Gasteiger partial charge in [-0.05, 0) is 37.5 Å². The van der Waals surface area contributed by atoms with Crippen LogP contribution in [0.2, 0.25) is 0 Å². The number of ether oxygens (including phenoxy) is 4. The van der Waals surface area contributed by atoms with Gasteiger partial charge in [0.05, 0.1) is 26.4 Å². The zero-order chi connectivity index (χ0) is 65.7. The smallest absolute Gasteiger partial charge is 0.462 e. The van der Waals surface area contributed by atoms with Crippen LogP contribution >= 0.6 is 15.6 Å². The molecule has 0 bridgehead atoms. The second-order valence-electron chi connectivity index (χ2n) is 26.2. The van der Waals surface area contributed by atoms with Gasteiger partial charge in [0, 0.05) is 25.7 Å². The summed E-state index contributed by atoms with van der Waals surface area (Å²) in [4.78, 5) is 72.5. The number of carbonyl (C=O) groups is 4. The van der Waals surface area contributed by atoms with E-state index in [0.717, 1.165) is 102 Å². The highest BCUT2D eigenvalue weighted by molar-refractivity contribution is 7.47. The van der Waals surface area contributed by atoms with Crippen LogP contribution < -0.4 is 0 Å². The normalized spacial score (nSPS) is 14.1. The van der Waals surface area contributed by atoms with Crippen molar-refractivity contribution in [2.45, 2.75) is 374 Å². The van der Waals surface area contributed by atoms with Crippen LogP contribution in [-0.4, -0.2) is 96.7 Å². The van der Waals surface area contributed by atoms with Gasteiger partial charge in [-0.15, -0.1) is 0 Å². The van der Waals surface area contributed by atoms with E-state index in [9.17, 15) is 43.2 Å². The number of hydrogen-bond acceptors (Lipinski definition) is 15. The Hall–Kier alpha value is -1.94. The molecule has 17 nitrogen and oxygen atoms in total. The van der Waals surface area contributed by atoms with Crippen LogP contribution in [-0.2, 0) is 65.4 Å². The number of carbonyl (C=O) groups excluding carboxylic acids is 4. The number of unbranched alkanes of at least 4 members (excludes halogenated alkanes) is 39.